The van der Waals surface area contributed by atoms with Crippen LogP contribution in [0.3, 0.4) is 0 Å². The van der Waals surface area contributed by atoms with Gasteiger partial charge in [-0.25, -0.2) is 0 Å². The van der Waals surface area contributed by atoms with Crippen molar-refractivity contribution in [3.05, 3.63) is 0 Å². The molecule has 1 aliphatic rings. The van der Waals surface area contributed by atoms with Crippen LogP contribution in [-0.4, -0.2) is 12.1 Å². The number of nitrogens with one attached hydrogen (secondary N) is 1. The molecular formula is C6H10N2. The van der Waals surface area contributed by atoms with Gasteiger partial charge in [-0.2, -0.15) is 5.26 Å². The van der Waals surface area contributed by atoms with E-state index in [1.165, 1.54) is 12.8 Å². The Labute approximate surface area is 49.5 Å². The normalized spacial score (nSPS) is 22.0. The van der Waals surface area contributed by atoms with Crippen LogP contribution < -0.4 is 5.32 Å². The minimum atomic E-state index is 0.0440. The number of hydrogen-bond donors (Lipinski definition) is 1. The van der Waals surface area contributed by atoms with Crippen LogP contribution in [0.15, 0.2) is 0 Å². The second kappa shape index (κ2) is 2.15. The molecule has 0 amide bonds. The minimum absolute atomic E-state index is 0.0440. The zero-order valence-electron chi connectivity index (χ0n) is 5.02. The highest BCUT2D eigenvalue weighted by atomic mass is 15.0. The Morgan fingerprint density at radius 3 is 2.75 bits per heavy atom. The molecule has 1 N–H and O–H groups in total. The third-order valence-corrected chi connectivity index (χ3v) is 1.26. The molecule has 1 saturated carbocycles. The lowest BCUT2D eigenvalue weighted by Gasteiger charge is -2.00. The maximum atomic E-state index is 8.30. The van der Waals surface area contributed by atoms with E-state index in [-0.39, 0.29) is 6.04 Å². The van der Waals surface area contributed by atoms with Gasteiger partial charge in [0.25, 0.3) is 0 Å². The first-order valence-electron chi connectivity index (χ1n) is 2.98. The van der Waals surface area contributed by atoms with Crippen LogP contribution in [0.2, 0.25) is 0 Å². The third kappa shape index (κ3) is 1.51. The zero-order chi connectivity index (χ0) is 5.98. The van der Waals surface area contributed by atoms with Gasteiger partial charge < -0.3 is 0 Å². The van der Waals surface area contributed by atoms with Crippen LogP contribution in [0.1, 0.15) is 19.8 Å². The zero-order valence-corrected chi connectivity index (χ0v) is 5.02. The summed E-state index contributed by atoms with van der Waals surface area (Å²) in [4.78, 5) is 0. The van der Waals surface area contributed by atoms with Gasteiger partial charge >= 0.3 is 0 Å². The molecule has 0 aromatic heterocycles. The van der Waals surface area contributed by atoms with Crippen molar-refractivity contribution < 1.29 is 0 Å². The second-order valence-corrected chi connectivity index (χ2v) is 2.29. The Morgan fingerprint density at radius 2 is 2.38 bits per heavy atom. The molecule has 1 aliphatic carbocycles. The minimum Gasteiger partial charge on any atom is -0.299 e. The van der Waals surface area contributed by atoms with Gasteiger partial charge in [-0.15, -0.1) is 0 Å². The second-order valence-electron chi connectivity index (χ2n) is 2.29. The van der Waals surface area contributed by atoms with Gasteiger partial charge in [0.2, 0.25) is 0 Å². The Hall–Kier alpha value is -0.550. The molecular weight excluding hydrogens is 100 g/mol. The first-order valence-corrected chi connectivity index (χ1v) is 2.98. The summed E-state index contributed by atoms with van der Waals surface area (Å²) in [5, 5.41) is 11.4. The van der Waals surface area contributed by atoms with Crippen molar-refractivity contribution in [1.82, 2.24) is 5.32 Å². The SMILES string of the molecule is C[C@@H](C#N)NC1CC1. The van der Waals surface area contributed by atoms with Gasteiger partial charge in [0.1, 0.15) is 0 Å². The van der Waals surface area contributed by atoms with Gasteiger partial charge in [-0.1, -0.05) is 0 Å². The fourth-order valence-corrected chi connectivity index (χ4v) is 0.641. The summed E-state index contributed by atoms with van der Waals surface area (Å²) < 4.78 is 0. The Morgan fingerprint density at radius 1 is 1.75 bits per heavy atom. The molecule has 0 aromatic rings. The Kier molecular flexibility index (Phi) is 1.50. The lowest BCUT2D eigenvalue weighted by molar-refractivity contribution is 0.638. The molecule has 1 atom stereocenters. The number of rotatable bonds is 2. The smallest absolute Gasteiger partial charge is 0.0926 e. The highest BCUT2D eigenvalue weighted by molar-refractivity contribution is 4.92. The van der Waals surface area contributed by atoms with Crippen molar-refractivity contribution in [2.45, 2.75) is 31.8 Å². The van der Waals surface area contributed by atoms with Crippen molar-refractivity contribution in [3.8, 4) is 6.07 Å². The summed E-state index contributed by atoms with van der Waals surface area (Å²) >= 11 is 0. The van der Waals surface area contributed by atoms with Crippen LogP contribution in [0.25, 0.3) is 0 Å². The summed E-state index contributed by atoms with van der Waals surface area (Å²) in [6.07, 6.45) is 2.51. The highest BCUT2D eigenvalue weighted by Gasteiger charge is 2.22. The Balaban J connectivity index is 2.09. The van der Waals surface area contributed by atoms with Crippen LogP contribution in [0.4, 0.5) is 0 Å². The first kappa shape index (κ1) is 5.58. The van der Waals surface area contributed by atoms with Gasteiger partial charge in [-0.3, -0.25) is 5.32 Å². The van der Waals surface area contributed by atoms with E-state index in [1.807, 2.05) is 6.92 Å². The summed E-state index contributed by atoms with van der Waals surface area (Å²) in [6.45, 7) is 1.89. The molecule has 1 fully saturated rings. The highest BCUT2D eigenvalue weighted by Crippen LogP contribution is 2.18. The molecule has 0 bridgehead atoms. The van der Waals surface area contributed by atoms with Crippen molar-refractivity contribution in [2.24, 2.45) is 0 Å². The molecule has 1 rings (SSSR count). The standard InChI is InChI=1S/C6H10N2/c1-5(4-7)8-6-2-3-6/h5-6,8H,2-3H2,1H3/t5-/m0/s1. The van der Waals surface area contributed by atoms with E-state index < -0.39 is 0 Å². The van der Waals surface area contributed by atoms with Gasteiger partial charge in [0, 0.05) is 6.04 Å². The average molecular weight is 110 g/mol. The summed E-state index contributed by atoms with van der Waals surface area (Å²) in [5.41, 5.74) is 0. The molecule has 0 heterocycles. The van der Waals surface area contributed by atoms with Crippen molar-refractivity contribution in [3.63, 3.8) is 0 Å². The molecule has 2 nitrogen and oxygen atoms in total. The topological polar surface area (TPSA) is 35.8 Å². The fraction of sp³-hybridized carbons (Fsp3) is 0.833. The number of nitrogens with zero attached hydrogens (tertiary/aromatic N) is 1. The van der Waals surface area contributed by atoms with E-state index in [0.717, 1.165) is 0 Å². The molecule has 0 saturated heterocycles. The predicted molar refractivity (Wildman–Crippen MR) is 31.2 cm³/mol. The summed E-state index contributed by atoms with van der Waals surface area (Å²) in [7, 11) is 0. The average Bonchev–Trinajstić information content (AvgIpc) is 2.50. The van der Waals surface area contributed by atoms with Crippen molar-refractivity contribution in [1.29, 1.82) is 5.26 Å². The van der Waals surface area contributed by atoms with Gasteiger partial charge in [0.05, 0.1) is 12.1 Å². The lowest BCUT2D eigenvalue weighted by Crippen LogP contribution is -2.25. The van der Waals surface area contributed by atoms with E-state index in [2.05, 4.69) is 11.4 Å². The first-order chi connectivity index (χ1) is 3.83. The van der Waals surface area contributed by atoms with Crippen LogP contribution >= 0.6 is 0 Å². The fourth-order valence-electron chi connectivity index (χ4n) is 0.641. The van der Waals surface area contributed by atoms with Crippen LogP contribution in [0.5, 0.6) is 0 Å². The Bertz CT molecular complexity index is 110. The van der Waals surface area contributed by atoms with Crippen LogP contribution in [-0.2, 0) is 0 Å². The monoisotopic (exact) mass is 110 g/mol. The van der Waals surface area contributed by atoms with E-state index in [9.17, 15) is 0 Å². The molecule has 0 unspecified atom stereocenters. The van der Waals surface area contributed by atoms with E-state index in [1.54, 1.807) is 0 Å². The summed E-state index contributed by atoms with van der Waals surface area (Å²) in [5.74, 6) is 0. The molecule has 0 aromatic carbocycles. The van der Waals surface area contributed by atoms with E-state index in [4.69, 9.17) is 5.26 Å². The maximum absolute atomic E-state index is 8.30. The largest absolute Gasteiger partial charge is 0.299 e. The van der Waals surface area contributed by atoms with E-state index >= 15 is 0 Å². The van der Waals surface area contributed by atoms with Gasteiger partial charge in [0.15, 0.2) is 0 Å². The molecule has 0 radical (unpaired) electrons. The maximum Gasteiger partial charge on any atom is 0.0926 e. The number of hydrogen-bond acceptors (Lipinski definition) is 2. The molecule has 2 heteroatoms. The molecule has 0 spiro atoms. The number of nitriles is 1. The predicted octanol–water partition coefficient (Wildman–Crippen LogP) is 0.650. The molecule has 0 aliphatic heterocycles. The quantitative estimate of drug-likeness (QED) is 0.566. The lowest BCUT2D eigenvalue weighted by atomic mass is 10.4. The van der Waals surface area contributed by atoms with Crippen molar-refractivity contribution >= 4 is 0 Å². The third-order valence-electron chi connectivity index (χ3n) is 1.26. The summed E-state index contributed by atoms with van der Waals surface area (Å²) in [6, 6.07) is 2.83. The van der Waals surface area contributed by atoms with E-state index in [0.29, 0.717) is 6.04 Å². The van der Waals surface area contributed by atoms with Crippen LogP contribution in [0, 0.1) is 11.3 Å². The molecule has 44 valence electrons. The van der Waals surface area contributed by atoms with Crippen molar-refractivity contribution in [2.75, 3.05) is 0 Å². The molecule has 8 heavy (non-hydrogen) atoms. The van der Waals surface area contributed by atoms with Gasteiger partial charge in [-0.05, 0) is 19.8 Å².